The van der Waals surface area contributed by atoms with Gasteiger partial charge in [-0.2, -0.15) is 21.0 Å². The van der Waals surface area contributed by atoms with Crippen molar-refractivity contribution in [2.75, 3.05) is 39.3 Å². The number of nitrogens with zero attached hydrogens (tertiary/aromatic N) is 9. The third-order valence-electron chi connectivity index (χ3n) is 15.0. The van der Waals surface area contributed by atoms with Crippen LogP contribution in [0.15, 0.2) is 94.0 Å². The molecule has 25 heteroatoms. The number of likely N-dealkylation sites (tertiary alicyclic amines) is 3. The van der Waals surface area contributed by atoms with Gasteiger partial charge in [-0.05, 0) is 180 Å². The molecule has 1 N–H and O–H groups in total. The van der Waals surface area contributed by atoms with Crippen LogP contribution in [0, 0.1) is 45.3 Å². The quantitative estimate of drug-likeness (QED) is 0.0858. The Morgan fingerprint density at radius 2 is 0.903 bits per heavy atom. The summed E-state index contributed by atoms with van der Waals surface area (Å²) in [6.07, 6.45) is 4.72. The first kappa shape index (κ1) is 74.2. The molecular formula is C68H81BBr2ClN9O12. The Hall–Kier alpha value is -7.84. The van der Waals surface area contributed by atoms with E-state index >= 15 is 0 Å². The van der Waals surface area contributed by atoms with Crippen LogP contribution in [0.25, 0.3) is 11.3 Å². The predicted molar refractivity (Wildman–Crippen MR) is 358 cm³/mol. The molecule has 1 aromatic heterocycles. The number of amides is 3. The summed E-state index contributed by atoms with van der Waals surface area (Å²) in [6, 6.07) is 31.0. The van der Waals surface area contributed by atoms with E-state index in [1.807, 2.05) is 114 Å². The van der Waals surface area contributed by atoms with Gasteiger partial charge in [0.1, 0.15) is 82.4 Å². The van der Waals surface area contributed by atoms with Gasteiger partial charge >= 0.3 is 25.4 Å². The first-order chi connectivity index (χ1) is 43.6. The number of aromatic nitrogens is 2. The molecule has 494 valence electrons. The van der Waals surface area contributed by atoms with Crippen molar-refractivity contribution >= 4 is 74.3 Å². The highest BCUT2D eigenvalue weighted by Crippen LogP contribution is 2.37. The number of carbonyl (C=O) groups excluding carboxylic acids is 3. The van der Waals surface area contributed by atoms with E-state index in [1.54, 1.807) is 75.5 Å². The van der Waals surface area contributed by atoms with E-state index in [0.29, 0.717) is 105 Å². The standard InChI is InChI=1S/C23H33BN2O5.C21H23ClN4O3.C17H21BrN2O3.C7H4BrNO/c1-21(2,3)29-20(27)26-12-10-18(11-13-26)28-19-9-8-17(14-16(19)15-25)24-30-22(4,5)23(6,7)31-24;1-21(2,3)29-20(27)26-10-7-16(8-11-26)28-18-5-4-14(12-15(18)13-23)17-6-9-24-19(22)25-17;1-17(2,3)23-16(21)20-8-6-14(7-9-20)22-15-5-4-13(18)10-12(15)11-19;8-6-1-2-7(10)5(3-6)4-9/h8-9,14,18H,10-13H2,1-7H3;4-6,9,12,16H,7-8,10-11H2,1-3H3;4-5,10,14H,6-9H2,1-3H3;1-3,10H. The Kier molecular flexibility index (Phi) is 25.8. The van der Waals surface area contributed by atoms with Crippen molar-refractivity contribution in [2.24, 2.45) is 0 Å². The number of aromatic hydroxyl groups is 1. The molecule has 4 aromatic carbocycles. The minimum Gasteiger partial charge on any atom is -0.507 e. The van der Waals surface area contributed by atoms with Crippen LogP contribution in [0.4, 0.5) is 14.4 Å². The fraction of sp³-hybridized carbons (Fsp3) is 0.485. The summed E-state index contributed by atoms with van der Waals surface area (Å²) < 4.78 is 48.2. The molecule has 0 saturated carbocycles. The molecule has 0 bridgehead atoms. The Balaban J connectivity index is 0.000000207. The fourth-order valence-electron chi connectivity index (χ4n) is 9.52. The van der Waals surface area contributed by atoms with Crippen LogP contribution in [-0.2, 0) is 23.5 Å². The second-order valence-corrected chi connectivity index (χ2v) is 28.5. The maximum absolute atomic E-state index is 12.2. The molecule has 93 heavy (non-hydrogen) atoms. The average Bonchev–Trinajstić information content (AvgIpc) is 1.65. The van der Waals surface area contributed by atoms with Crippen molar-refractivity contribution in [3.8, 4) is 58.5 Å². The Bertz CT molecular complexity index is 3590. The molecule has 4 aliphatic rings. The van der Waals surface area contributed by atoms with Gasteiger partial charge in [0.05, 0.1) is 39.1 Å². The van der Waals surface area contributed by atoms with Crippen molar-refractivity contribution < 1.29 is 57.2 Å². The number of rotatable bonds is 8. The highest BCUT2D eigenvalue weighted by atomic mass is 79.9. The van der Waals surface area contributed by atoms with Gasteiger partial charge < -0.3 is 57.5 Å². The molecule has 0 aliphatic carbocycles. The van der Waals surface area contributed by atoms with E-state index in [-0.39, 0.29) is 53.2 Å². The Morgan fingerprint density at radius 3 is 1.28 bits per heavy atom. The molecule has 4 aliphatic heterocycles. The normalized spacial score (nSPS) is 16.5. The third kappa shape index (κ3) is 22.7. The summed E-state index contributed by atoms with van der Waals surface area (Å²) >= 11 is 12.4. The second-order valence-electron chi connectivity index (χ2n) is 26.4. The number of carbonyl (C=O) groups is 3. The van der Waals surface area contributed by atoms with Crippen LogP contribution >= 0.6 is 43.5 Å². The maximum Gasteiger partial charge on any atom is 0.494 e. The topological polar surface area (TPSA) is 276 Å². The number of phenols is 1. The van der Waals surface area contributed by atoms with Crippen LogP contribution in [-0.4, -0.2) is 141 Å². The minimum atomic E-state index is -0.525. The second kappa shape index (κ2) is 32.3. The van der Waals surface area contributed by atoms with Crippen LogP contribution in [0.1, 0.15) is 151 Å². The molecule has 0 atom stereocenters. The van der Waals surface area contributed by atoms with Gasteiger partial charge in [-0.1, -0.05) is 37.9 Å². The molecule has 3 amide bonds. The van der Waals surface area contributed by atoms with Gasteiger partial charge in [0.2, 0.25) is 5.28 Å². The van der Waals surface area contributed by atoms with Crippen molar-refractivity contribution in [1.82, 2.24) is 24.7 Å². The molecule has 0 radical (unpaired) electrons. The first-order valence-corrected chi connectivity index (χ1v) is 32.5. The molecule has 4 fully saturated rings. The molecule has 9 rings (SSSR count). The Morgan fingerprint density at radius 1 is 0.548 bits per heavy atom. The number of hydrogen-bond acceptors (Lipinski definition) is 18. The van der Waals surface area contributed by atoms with E-state index in [4.69, 9.17) is 59.7 Å². The number of nitriles is 4. The van der Waals surface area contributed by atoms with Crippen molar-refractivity contribution in [3.63, 3.8) is 0 Å². The summed E-state index contributed by atoms with van der Waals surface area (Å²) in [5.74, 6) is 1.67. The van der Waals surface area contributed by atoms with Gasteiger partial charge in [-0.3, -0.25) is 0 Å². The SMILES string of the molecule is CC(C)(C)OC(=O)N1CCC(Oc2ccc(-c3ccnc(Cl)n3)cc2C#N)CC1.CC(C)(C)OC(=O)N1CCC(Oc2ccc(B3OC(C)(C)C(C)(C)O3)cc2C#N)CC1.CC(C)(C)OC(=O)N1CCC(Oc2ccc(Br)cc2C#N)CC1.N#Cc1cc(Br)ccc1O. The minimum absolute atomic E-state index is 0.00182. The van der Waals surface area contributed by atoms with Crippen molar-refractivity contribution in [3.05, 3.63) is 122 Å². The van der Waals surface area contributed by atoms with Crippen molar-refractivity contribution in [1.29, 1.82) is 21.0 Å². The number of piperidine rings is 3. The van der Waals surface area contributed by atoms with Gasteiger partial charge in [-0.15, -0.1) is 0 Å². The van der Waals surface area contributed by atoms with E-state index in [0.717, 1.165) is 32.8 Å². The number of benzene rings is 4. The van der Waals surface area contributed by atoms with Crippen LogP contribution in [0.2, 0.25) is 5.28 Å². The zero-order valence-corrected chi connectivity index (χ0v) is 58.9. The molecule has 5 heterocycles. The van der Waals surface area contributed by atoms with E-state index in [2.05, 4.69) is 60.0 Å². The third-order valence-corrected chi connectivity index (χ3v) is 16.1. The van der Waals surface area contributed by atoms with Crippen LogP contribution < -0.4 is 19.7 Å². The zero-order chi connectivity index (χ0) is 68.6. The van der Waals surface area contributed by atoms with Gasteiger partial charge in [-0.25, -0.2) is 24.4 Å². The summed E-state index contributed by atoms with van der Waals surface area (Å²) in [5, 5.41) is 45.9. The monoisotopic (exact) mass is 1420 g/mol. The lowest BCUT2D eigenvalue weighted by atomic mass is 9.78. The van der Waals surface area contributed by atoms with E-state index < -0.39 is 35.1 Å². The molecule has 0 spiro atoms. The highest BCUT2D eigenvalue weighted by Gasteiger charge is 2.52. The maximum atomic E-state index is 12.2. The average molecular weight is 1420 g/mol. The number of ether oxygens (including phenoxy) is 6. The van der Waals surface area contributed by atoms with Gasteiger partial charge in [0.25, 0.3) is 0 Å². The first-order valence-electron chi connectivity index (χ1n) is 30.5. The largest absolute Gasteiger partial charge is 0.507 e. The number of phenolic OH excluding ortho intramolecular Hbond substituents is 1. The summed E-state index contributed by atoms with van der Waals surface area (Å²) in [7, 11) is -0.525. The Labute approximate surface area is 568 Å². The zero-order valence-electron chi connectivity index (χ0n) is 55.0. The smallest absolute Gasteiger partial charge is 0.494 e. The van der Waals surface area contributed by atoms with E-state index in [9.17, 15) is 30.2 Å². The van der Waals surface area contributed by atoms with Gasteiger partial charge in [0.15, 0.2) is 0 Å². The lowest BCUT2D eigenvalue weighted by molar-refractivity contribution is 0.00578. The van der Waals surface area contributed by atoms with Crippen LogP contribution in [0.5, 0.6) is 23.0 Å². The van der Waals surface area contributed by atoms with Crippen molar-refractivity contribution in [2.45, 2.75) is 175 Å². The summed E-state index contributed by atoms with van der Waals surface area (Å²) in [5.41, 5.74) is 1.47. The highest BCUT2D eigenvalue weighted by molar-refractivity contribution is 9.10. The molecular weight excluding hydrogens is 1340 g/mol. The summed E-state index contributed by atoms with van der Waals surface area (Å²) in [4.78, 5) is 49.6. The summed E-state index contributed by atoms with van der Waals surface area (Å²) in [6.45, 7) is 28.1. The lowest BCUT2D eigenvalue weighted by Crippen LogP contribution is -2.44. The molecule has 4 saturated heterocycles. The van der Waals surface area contributed by atoms with E-state index in [1.165, 1.54) is 6.07 Å². The fourth-order valence-corrected chi connectivity index (χ4v) is 10.4. The van der Waals surface area contributed by atoms with Gasteiger partial charge in [0, 0.05) is 98.5 Å². The molecule has 21 nitrogen and oxygen atoms in total. The predicted octanol–water partition coefficient (Wildman–Crippen LogP) is 14.2. The molecule has 0 unspecified atom stereocenters. The van der Waals surface area contributed by atoms with Crippen LogP contribution in [0.3, 0.4) is 0 Å². The number of hydrogen-bond donors (Lipinski definition) is 1. The number of halogens is 3. The lowest BCUT2D eigenvalue weighted by Gasteiger charge is -2.33. The molecule has 5 aromatic rings.